The van der Waals surface area contributed by atoms with Gasteiger partial charge in [0, 0.05) is 27.4 Å². The van der Waals surface area contributed by atoms with Crippen LogP contribution in [-0.2, 0) is 9.59 Å². The summed E-state index contributed by atoms with van der Waals surface area (Å²) in [7, 11) is 0. The van der Waals surface area contributed by atoms with E-state index in [0.29, 0.717) is 28.1 Å². The van der Waals surface area contributed by atoms with Gasteiger partial charge in [0.1, 0.15) is 11.5 Å². The molecule has 4 rings (SSSR count). The van der Waals surface area contributed by atoms with Gasteiger partial charge in [0.25, 0.3) is 11.8 Å². The average molecular weight is 582 g/mol. The fraction of sp³-hybridized carbons (Fsp3) is 0.0909. The van der Waals surface area contributed by atoms with E-state index in [2.05, 4.69) is 16.0 Å². The monoisotopic (exact) mass is 581 g/mol. The van der Waals surface area contributed by atoms with Crippen molar-refractivity contribution < 1.29 is 23.6 Å². The van der Waals surface area contributed by atoms with Gasteiger partial charge in [0.15, 0.2) is 5.78 Å². The number of thioether (sulfide) groups is 1. The van der Waals surface area contributed by atoms with Gasteiger partial charge in [-0.05, 0) is 98.3 Å². The summed E-state index contributed by atoms with van der Waals surface area (Å²) < 4.78 is 13.4. The van der Waals surface area contributed by atoms with E-state index in [1.165, 1.54) is 49.0 Å². The lowest BCUT2D eigenvalue weighted by Crippen LogP contribution is -2.30. The minimum absolute atomic E-state index is 0.0180. The van der Waals surface area contributed by atoms with E-state index < -0.39 is 22.9 Å². The second-order valence-electron chi connectivity index (χ2n) is 9.29. The van der Waals surface area contributed by atoms with E-state index in [9.17, 15) is 23.6 Å². The Hall–Kier alpha value is -5.02. The van der Waals surface area contributed by atoms with Crippen molar-refractivity contribution in [1.29, 1.82) is 0 Å². The number of anilines is 2. The minimum Gasteiger partial charge on any atom is -0.325 e. The molecule has 3 N–H and O–H groups in total. The Morgan fingerprint density at radius 2 is 1.33 bits per heavy atom. The molecule has 4 aromatic carbocycles. The summed E-state index contributed by atoms with van der Waals surface area (Å²) in [5.41, 5.74) is 2.53. The second-order valence-corrected chi connectivity index (χ2v) is 10.7. The molecule has 0 bridgehead atoms. The fourth-order valence-corrected chi connectivity index (χ4v) is 4.64. The van der Waals surface area contributed by atoms with E-state index in [1.807, 2.05) is 0 Å². The first-order chi connectivity index (χ1) is 20.2. The van der Waals surface area contributed by atoms with Crippen molar-refractivity contribution in [1.82, 2.24) is 5.32 Å². The molecule has 0 radical (unpaired) electrons. The maximum atomic E-state index is 13.4. The summed E-state index contributed by atoms with van der Waals surface area (Å²) in [6.45, 7) is 3.26. The Kier molecular flexibility index (Phi) is 10.0. The van der Waals surface area contributed by atoms with E-state index in [-0.39, 0.29) is 17.4 Å². The second kappa shape index (κ2) is 14.0. The van der Waals surface area contributed by atoms with Gasteiger partial charge in [-0.1, -0.05) is 30.3 Å². The number of hydrogen-bond acceptors (Lipinski definition) is 5. The van der Waals surface area contributed by atoms with Crippen LogP contribution in [0.2, 0.25) is 0 Å². The number of benzene rings is 4. The number of carbonyl (C=O) groups excluding carboxylic acids is 4. The third-order valence-electron chi connectivity index (χ3n) is 6.06. The number of carbonyl (C=O) groups is 4. The molecule has 1 unspecified atom stereocenters. The average Bonchev–Trinajstić information content (AvgIpc) is 2.99. The van der Waals surface area contributed by atoms with Gasteiger partial charge in [-0.2, -0.15) is 0 Å². The Morgan fingerprint density at radius 1 is 0.738 bits per heavy atom. The lowest BCUT2D eigenvalue weighted by Gasteiger charge is -2.14. The van der Waals surface area contributed by atoms with Crippen LogP contribution in [-0.4, -0.2) is 28.8 Å². The minimum atomic E-state index is -0.562. The number of rotatable bonds is 10. The summed E-state index contributed by atoms with van der Waals surface area (Å²) in [5, 5.41) is 7.83. The van der Waals surface area contributed by atoms with Gasteiger partial charge < -0.3 is 16.0 Å². The normalized spacial score (nSPS) is 11.7. The highest BCUT2D eigenvalue weighted by molar-refractivity contribution is 8.00. The quantitative estimate of drug-likeness (QED) is 0.112. The molecule has 212 valence electrons. The first kappa shape index (κ1) is 30.0. The van der Waals surface area contributed by atoms with Gasteiger partial charge in [-0.3, -0.25) is 19.2 Å². The third-order valence-corrected chi connectivity index (χ3v) is 7.18. The van der Waals surface area contributed by atoms with Crippen LogP contribution in [0.5, 0.6) is 0 Å². The van der Waals surface area contributed by atoms with Crippen molar-refractivity contribution >= 4 is 52.7 Å². The van der Waals surface area contributed by atoms with Crippen molar-refractivity contribution in [3.05, 3.63) is 131 Å². The first-order valence-corrected chi connectivity index (χ1v) is 13.9. The van der Waals surface area contributed by atoms with Crippen molar-refractivity contribution in [2.45, 2.75) is 24.0 Å². The fourth-order valence-electron chi connectivity index (χ4n) is 3.77. The highest BCUT2D eigenvalue weighted by Crippen LogP contribution is 2.26. The number of Topliss-reactive ketones (excluding diaryl/α,β-unsaturated/α-hetero) is 1. The molecule has 0 spiro atoms. The molecule has 0 saturated heterocycles. The summed E-state index contributed by atoms with van der Waals surface area (Å²) in [6, 6.07) is 27.6. The zero-order valence-corrected chi connectivity index (χ0v) is 23.7. The van der Waals surface area contributed by atoms with Crippen LogP contribution in [0.4, 0.5) is 15.8 Å². The van der Waals surface area contributed by atoms with E-state index in [1.54, 1.807) is 85.8 Å². The maximum absolute atomic E-state index is 13.4. The zero-order chi connectivity index (χ0) is 30.1. The highest BCUT2D eigenvalue weighted by Gasteiger charge is 2.17. The van der Waals surface area contributed by atoms with E-state index in [0.717, 1.165) is 4.90 Å². The molecular weight excluding hydrogens is 553 g/mol. The Bertz CT molecular complexity index is 1600. The summed E-state index contributed by atoms with van der Waals surface area (Å²) in [6.07, 6.45) is 1.47. The molecule has 0 aromatic heterocycles. The molecule has 0 saturated carbocycles. The molecule has 0 heterocycles. The molecule has 4 aromatic rings. The number of nitrogens with one attached hydrogen (secondary N) is 3. The molecule has 0 aliphatic carbocycles. The lowest BCUT2D eigenvalue weighted by atomic mass is 10.1. The summed E-state index contributed by atoms with van der Waals surface area (Å²) in [4.78, 5) is 50.9. The molecule has 42 heavy (non-hydrogen) atoms. The smallest absolute Gasteiger partial charge is 0.272 e. The predicted molar refractivity (Wildman–Crippen MR) is 164 cm³/mol. The van der Waals surface area contributed by atoms with Crippen LogP contribution in [0.1, 0.15) is 40.1 Å². The maximum Gasteiger partial charge on any atom is 0.272 e. The van der Waals surface area contributed by atoms with Gasteiger partial charge in [-0.15, -0.1) is 11.8 Å². The Morgan fingerprint density at radius 3 is 1.95 bits per heavy atom. The third kappa shape index (κ3) is 8.49. The number of ketones is 1. The molecular formula is C33H28FN3O4S. The van der Waals surface area contributed by atoms with Crippen LogP contribution in [0.3, 0.4) is 0 Å². The standard InChI is InChI=1S/C33H28FN3O4S/c1-21(38)24-10-14-27(15-11-24)35-31(39)22(2)42-29-18-16-28(17-19-29)36-33(41)30(20-23-8-12-26(34)13-9-23)37-32(40)25-6-4-3-5-7-25/h3-20,22H,1-2H3,(H,35,39)(H,36,41)(H,37,40)/b30-20-. The highest BCUT2D eigenvalue weighted by atomic mass is 32.2. The van der Waals surface area contributed by atoms with Crippen molar-refractivity contribution in [2.24, 2.45) is 0 Å². The number of hydrogen-bond donors (Lipinski definition) is 3. The van der Waals surface area contributed by atoms with Gasteiger partial charge in [-0.25, -0.2) is 4.39 Å². The number of amides is 3. The number of halogens is 1. The van der Waals surface area contributed by atoms with E-state index >= 15 is 0 Å². The van der Waals surface area contributed by atoms with Crippen molar-refractivity contribution in [3.63, 3.8) is 0 Å². The Balaban J connectivity index is 1.40. The summed E-state index contributed by atoms with van der Waals surface area (Å²) in [5.74, 6) is -1.69. The van der Waals surface area contributed by atoms with E-state index in [4.69, 9.17) is 0 Å². The lowest BCUT2D eigenvalue weighted by molar-refractivity contribution is -0.115. The SMILES string of the molecule is CC(=O)c1ccc(NC(=O)C(C)Sc2ccc(NC(=O)/C(=C/c3ccc(F)cc3)NC(=O)c3ccccc3)cc2)cc1. The van der Waals surface area contributed by atoms with Crippen molar-refractivity contribution in [3.8, 4) is 0 Å². The molecule has 9 heteroatoms. The van der Waals surface area contributed by atoms with Crippen LogP contribution in [0, 0.1) is 5.82 Å². The first-order valence-electron chi connectivity index (χ1n) is 13.0. The van der Waals surface area contributed by atoms with Crippen LogP contribution < -0.4 is 16.0 Å². The molecule has 0 aliphatic heterocycles. The van der Waals surface area contributed by atoms with Crippen molar-refractivity contribution in [2.75, 3.05) is 10.6 Å². The van der Waals surface area contributed by atoms with Crippen LogP contribution in [0.15, 0.2) is 114 Å². The Labute approximate surface area is 247 Å². The van der Waals surface area contributed by atoms with Crippen LogP contribution >= 0.6 is 11.8 Å². The topological polar surface area (TPSA) is 104 Å². The van der Waals surface area contributed by atoms with Gasteiger partial charge in [0.05, 0.1) is 5.25 Å². The van der Waals surface area contributed by atoms with Gasteiger partial charge >= 0.3 is 0 Å². The molecule has 0 aliphatic rings. The van der Waals surface area contributed by atoms with Gasteiger partial charge in [0.2, 0.25) is 5.91 Å². The molecule has 1 atom stereocenters. The zero-order valence-electron chi connectivity index (χ0n) is 22.9. The largest absolute Gasteiger partial charge is 0.325 e. The summed E-state index contributed by atoms with van der Waals surface area (Å²) >= 11 is 1.34. The van der Waals surface area contributed by atoms with Crippen LogP contribution in [0.25, 0.3) is 6.08 Å². The predicted octanol–water partition coefficient (Wildman–Crippen LogP) is 6.56. The molecule has 3 amide bonds. The molecule has 7 nitrogen and oxygen atoms in total. The molecule has 0 fully saturated rings.